The molecule has 40 nitrogen and oxygen atoms in total. The van der Waals surface area contributed by atoms with Gasteiger partial charge in [0.15, 0.2) is 0 Å². The van der Waals surface area contributed by atoms with Crippen LogP contribution in [0.4, 0.5) is 78.9 Å². The number of hydrogen-bond acceptors (Lipinski definition) is 28. The Morgan fingerprint density at radius 3 is 1.11 bits per heavy atom. The van der Waals surface area contributed by atoms with Crippen LogP contribution in [0.1, 0.15) is 6.42 Å². The second-order valence-electron chi connectivity index (χ2n) is 17.7. The maximum Gasteiger partial charge on any atom is 0.351 e. The number of nitrogens with zero attached hydrogens (tertiary/aromatic N) is 8. The van der Waals surface area contributed by atoms with Crippen LogP contribution in [0.15, 0.2) is 144 Å². The minimum absolute atomic E-state index is 0.0661. The van der Waals surface area contributed by atoms with E-state index in [4.69, 9.17) is 11.5 Å². The first kappa shape index (κ1) is 64.8. The monoisotopic (exact) mass is 1350 g/mol. The van der Waals surface area contributed by atoms with Crippen LogP contribution in [-0.4, -0.2) is 133 Å². The average Bonchev–Trinajstić information content (AvgIpc) is 0.823. The van der Waals surface area contributed by atoms with E-state index in [0.29, 0.717) is 48.5 Å². The molecule has 46 heteroatoms. The summed E-state index contributed by atoms with van der Waals surface area (Å²) in [7, 11) is -31.3. The van der Waals surface area contributed by atoms with Crippen molar-refractivity contribution < 1.29 is 87.4 Å². The van der Waals surface area contributed by atoms with Gasteiger partial charge in [-0.15, -0.1) is 20.5 Å². The minimum Gasteiger partial charge on any atom is -0.354 e. The summed E-state index contributed by atoms with van der Waals surface area (Å²) in [5.74, 6) is -0.876. The zero-order chi connectivity index (χ0) is 65.3. The number of aromatic nitrogens is 6. The van der Waals surface area contributed by atoms with E-state index in [-0.39, 0.29) is 77.4 Å². The van der Waals surface area contributed by atoms with Gasteiger partial charge >= 0.3 is 23.4 Å². The van der Waals surface area contributed by atoms with Gasteiger partial charge in [-0.1, -0.05) is 0 Å². The Hall–Kier alpha value is -10.1. The molecule has 0 bridgehead atoms. The molecule has 18 N–H and O–H groups in total. The number of nitrogens with two attached hydrogens (primary N) is 2. The predicted molar refractivity (Wildman–Crippen MR) is 308 cm³/mol. The number of benzene rings is 6. The first-order chi connectivity index (χ1) is 41.3. The lowest BCUT2D eigenvalue weighted by atomic mass is 10.1. The average molecular weight is 1350 g/mol. The Balaban J connectivity index is 0.940. The number of nitrogens with one attached hydrogen (secondary N) is 8. The van der Waals surface area contributed by atoms with Crippen molar-refractivity contribution >= 4 is 164 Å². The summed E-state index contributed by atoms with van der Waals surface area (Å²) in [6, 6.07) is 9.63. The van der Waals surface area contributed by atoms with Crippen LogP contribution >= 0.6 is 0 Å². The number of rotatable bonds is 22. The molecule has 2 heterocycles. The van der Waals surface area contributed by atoms with E-state index >= 15 is 0 Å². The predicted octanol–water partition coefficient (Wildman–Crippen LogP) is 3.64. The highest BCUT2D eigenvalue weighted by Crippen LogP contribution is 2.40. The maximum atomic E-state index is 12.6. The molecule has 6 aromatic carbocycles. The lowest BCUT2D eigenvalue weighted by molar-refractivity contribution is 0.258. The summed E-state index contributed by atoms with van der Waals surface area (Å²) >= 11 is 0. The Morgan fingerprint density at radius 2 is 0.787 bits per heavy atom. The second kappa shape index (κ2) is 24.6. The molecule has 0 aliphatic carbocycles. The number of fused-ring (bicyclic) bond motifs is 2. The summed E-state index contributed by atoms with van der Waals surface area (Å²) < 4.78 is 205. The number of carbonyl (C=O) groups excluding carboxylic acids is 2. The van der Waals surface area contributed by atoms with Gasteiger partial charge in [-0.25, -0.2) is 19.2 Å². The Bertz CT molecular complexity index is 4890. The van der Waals surface area contributed by atoms with Gasteiger partial charge in [0.2, 0.25) is 23.8 Å². The topological polar surface area (TPSA) is 651 Å². The van der Waals surface area contributed by atoms with Gasteiger partial charge in [0.1, 0.15) is 42.3 Å². The SMILES string of the molecule is NC(=O)Nc1cc(Nc2nc(NCCCNc3nc(Nc4ccc(N=Nc5cc6c(S(=O)(=O)O)cc(S(=O)(=O)O)cc6cc5S(=O)(=O)O)c(NC(N)=O)c4)[nH]c(=O)n3)nc(=O)[nH]2)ccc1N=Nc1cc2c(S(=O)(=O)O)cc(S(=O)(=O)O)cc2cc1S(=O)(=O)O. The number of primary amides is 2. The van der Waals surface area contributed by atoms with Crippen LogP contribution in [0.3, 0.4) is 0 Å². The highest BCUT2D eigenvalue weighted by molar-refractivity contribution is 7.87. The van der Waals surface area contributed by atoms with Gasteiger partial charge in [-0.2, -0.15) is 70.4 Å². The summed E-state index contributed by atoms with van der Waals surface area (Å²) in [6.07, 6.45) is 0.220. The number of aromatic amines is 2. The number of urea groups is 2. The zero-order valence-corrected chi connectivity index (χ0v) is 48.5. The third-order valence-corrected chi connectivity index (χ3v) is 16.6. The Labute approximate surface area is 497 Å². The fourth-order valence-corrected chi connectivity index (χ4v) is 11.8. The first-order valence-electron chi connectivity index (χ1n) is 23.6. The molecule has 468 valence electrons. The number of carbonyl (C=O) groups is 2. The van der Waals surface area contributed by atoms with E-state index in [9.17, 15) is 97.0 Å². The van der Waals surface area contributed by atoms with Crippen LogP contribution in [-0.2, 0) is 60.7 Å². The molecule has 89 heavy (non-hydrogen) atoms. The van der Waals surface area contributed by atoms with Crippen LogP contribution < -0.4 is 54.7 Å². The molecule has 0 aliphatic rings. The highest BCUT2D eigenvalue weighted by atomic mass is 32.2. The molecule has 0 aliphatic heterocycles. The molecule has 0 saturated carbocycles. The number of amides is 4. The van der Waals surface area contributed by atoms with Gasteiger partial charge in [-0.3, -0.25) is 37.3 Å². The summed E-state index contributed by atoms with van der Waals surface area (Å²) in [5, 5.41) is 28.8. The minimum atomic E-state index is -5.27. The molecular weight excluding hydrogens is 1310 g/mol. The third-order valence-electron chi connectivity index (χ3n) is 11.4. The zero-order valence-electron chi connectivity index (χ0n) is 43.6. The molecule has 0 radical (unpaired) electrons. The normalized spacial score (nSPS) is 12.6. The van der Waals surface area contributed by atoms with Crippen LogP contribution in [0.25, 0.3) is 21.5 Å². The van der Waals surface area contributed by atoms with Gasteiger partial charge < -0.3 is 43.4 Å². The summed E-state index contributed by atoms with van der Waals surface area (Å²) in [6.45, 7) is 0.132. The van der Waals surface area contributed by atoms with Gasteiger partial charge in [0, 0.05) is 35.2 Å². The van der Waals surface area contributed by atoms with Gasteiger partial charge in [-0.05, 0) is 102 Å². The molecule has 8 aromatic rings. The number of hydrogen-bond donors (Lipinski definition) is 16. The Kier molecular flexibility index (Phi) is 17.9. The van der Waals surface area contributed by atoms with Crippen molar-refractivity contribution in [3.8, 4) is 0 Å². The van der Waals surface area contributed by atoms with Gasteiger partial charge in [0.05, 0.1) is 21.2 Å². The van der Waals surface area contributed by atoms with Crippen LogP contribution in [0.2, 0.25) is 0 Å². The molecule has 0 fully saturated rings. The lowest BCUT2D eigenvalue weighted by Gasteiger charge is -2.12. The molecule has 0 atom stereocenters. The highest BCUT2D eigenvalue weighted by Gasteiger charge is 2.27. The molecule has 0 spiro atoms. The molecule has 8 rings (SSSR count). The van der Waals surface area contributed by atoms with Crippen molar-refractivity contribution in [1.82, 2.24) is 29.9 Å². The molecule has 0 unspecified atom stereocenters. The van der Waals surface area contributed by atoms with Crippen molar-refractivity contribution in [3.63, 3.8) is 0 Å². The number of anilines is 8. The van der Waals surface area contributed by atoms with Gasteiger partial charge in [0.25, 0.3) is 60.7 Å². The van der Waals surface area contributed by atoms with Crippen molar-refractivity contribution in [2.75, 3.05) is 45.0 Å². The van der Waals surface area contributed by atoms with E-state index in [1.807, 2.05) is 0 Å². The molecule has 0 saturated heterocycles. The van der Waals surface area contributed by atoms with Crippen molar-refractivity contribution in [2.24, 2.45) is 31.9 Å². The smallest absolute Gasteiger partial charge is 0.351 e. The van der Waals surface area contributed by atoms with Crippen LogP contribution in [0, 0.1) is 0 Å². The van der Waals surface area contributed by atoms with Crippen molar-refractivity contribution in [2.45, 2.75) is 35.8 Å². The quantitative estimate of drug-likeness (QED) is 0.0262. The summed E-state index contributed by atoms with van der Waals surface area (Å²) in [4.78, 5) is 63.3. The first-order valence-corrected chi connectivity index (χ1v) is 32.2. The molecular formula is C43H38N18O22S6. The van der Waals surface area contributed by atoms with Crippen molar-refractivity contribution in [3.05, 3.63) is 106 Å². The van der Waals surface area contributed by atoms with Crippen molar-refractivity contribution in [1.29, 1.82) is 0 Å². The van der Waals surface area contributed by atoms with E-state index in [1.165, 1.54) is 36.4 Å². The molecule has 4 amide bonds. The number of H-pyrrole nitrogens is 2. The second-order valence-corrected chi connectivity index (χ2v) is 26.1. The largest absolute Gasteiger partial charge is 0.354 e. The summed E-state index contributed by atoms with van der Waals surface area (Å²) in [5.41, 5.74) is 6.49. The maximum absolute atomic E-state index is 12.6. The number of azo groups is 2. The Morgan fingerprint density at radius 1 is 0.438 bits per heavy atom. The third kappa shape index (κ3) is 16.3. The fourth-order valence-electron chi connectivity index (χ4n) is 7.82. The lowest BCUT2D eigenvalue weighted by Crippen LogP contribution is -2.21. The standard InChI is InChI=1S/C43H38N18O22S6/c44-36(62)50-28-12-20(2-4-26(28)58-60-30-16-24-18(10-34(30)88(78,79)80)8-22(84(66,67)68)14-32(24)86(72,73)74)48-40-52-38(54-42(64)56-40)46-6-1-7-47-39-53-41(57-43(65)55-39)49-21-3-5-27(29(13-21)51-37(45)63)59-61-31-17-25-19(11-35(31)89(81,82)83)9-23(85(69,70)71)15-33(25)87(75,76)77/h2-5,8-17H,1,6-7H2,(H3,44,50,62)(H3,45,51,63)(H,66,67,68)(H,69,70,71)(H,72,73,74)(H,75,76,77)(H,78,79,80)(H,81,82,83)(H3,46,48,52,54,56,64)(H3,47,49,53,55,57,65). The molecule has 2 aromatic heterocycles. The van der Waals surface area contributed by atoms with E-state index in [1.54, 1.807) is 0 Å². The van der Waals surface area contributed by atoms with Crippen LogP contribution in [0.5, 0.6) is 0 Å². The van der Waals surface area contributed by atoms with E-state index in [2.05, 4.69) is 82.3 Å². The fraction of sp³-hybridized carbons (Fsp3) is 0.0698. The van der Waals surface area contributed by atoms with E-state index < -0.39 is 146 Å². The van der Waals surface area contributed by atoms with E-state index in [0.717, 1.165) is 0 Å².